The summed E-state index contributed by atoms with van der Waals surface area (Å²) in [7, 11) is -3.53. The third kappa shape index (κ3) is 4.34. The van der Waals surface area contributed by atoms with Crippen LogP contribution >= 0.6 is 11.6 Å². The number of halogens is 1. The van der Waals surface area contributed by atoms with E-state index in [0.29, 0.717) is 22.8 Å². The van der Waals surface area contributed by atoms with Crippen molar-refractivity contribution in [2.24, 2.45) is 5.92 Å². The highest BCUT2D eigenvalue weighted by Gasteiger charge is 2.18. The van der Waals surface area contributed by atoms with E-state index in [2.05, 4.69) is 4.72 Å². The SMILES string of the molecule is Cc1c(N)cc(S(=O)(=O)NCCCC2CCCC2)cc1Cl. The average Bonchev–Trinajstić information content (AvgIpc) is 2.93. The van der Waals surface area contributed by atoms with Gasteiger partial charge < -0.3 is 5.73 Å². The second-order valence-electron chi connectivity index (χ2n) is 5.81. The zero-order valence-electron chi connectivity index (χ0n) is 12.4. The standard InChI is InChI=1S/C15H23ClN2O2S/c1-11-14(16)9-13(10-15(11)17)21(19,20)18-8-4-7-12-5-2-3-6-12/h9-10,12,18H,2-8,17H2,1H3. The predicted octanol–water partition coefficient (Wildman–Crippen LogP) is 3.48. The fourth-order valence-electron chi connectivity index (χ4n) is 2.81. The maximum absolute atomic E-state index is 12.2. The van der Waals surface area contributed by atoms with Gasteiger partial charge in [-0.15, -0.1) is 0 Å². The van der Waals surface area contributed by atoms with Crippen molar-refractivity contribution in [1.29, 1.82) is 0 Å². The van der Waals surface area contributed by atoms with Gasteiger partial charge in [0.15, 0.2) is 0 Å². The minimum atomic E-state index is -3.53. The molecule has 0 heterocycles. The highest BCUT2D eigenvalue weighted by atomic mass is 35.5. The molecule has 0 saturated heterocycles. The summed E-state index contributed by atoms with van der Waals surface area (Å²) in [6.07, 6.45) is 7.18. The normalized spacial score (nSPS) is 16.5. The van der Waals surface area contributed by atoms with Crippen LogP contribution in [0.3, 0.4) is 0 Å². The molecule has 2 rings (SSSR count). The average molecular weight is 331 g/mol. The molecule has 0 unspecified atom stereocenters. The molecule has 118 valence electrons. The second-order valence-corrected chi connectivity index (χ2v) is 7.98. The van der Waals surface area contributed by atoms with Gasteiger partial charge in [0, 0.05) is 17.3 Å². The maximum atomic E-state index is 12.2. The van der Waals surface area contributed by atoms with Crippen molar-refractivity contribution in [1.82, 2.24) is 4.72 Å². The Kier molecular flexibility index (Phi) is 5.52. The topological polar surface area (TPSA) is 72.2 Å². The van der Waals surface area contributed by atoms with Crippen LogP contribution in [0.2, 0.25) is 5.02 Å². The summed E-state index contributed by atoms with van der Waals surface area (Å²) < 4.78 is 27.1. The summed E-state index contributed by atoms with van der Waals surface area (Å²) in [6.45, 7) is 2.23. The number of nitrogens with one attached hydrogen (secondary N) is 1. The van der Waals surface area contributed by atoms with Crippen LogP contribution in [0.5, 0.6) is 0 Å². The zero-order chi connectivity index (χ0) is 15.5. The Hall–Kier alpha value is -0.780. The summed E-state index contributed by atoms with van der Waals surface area (Å²) in [5, 5.41) is 0.376. The van der Waals surface area contributed by atoms with Gasteiger partial charge in [0.2, 0.25) is 10.0 Å². The molecule has 0 spiro atoms. The molecular weight excluding hydrogens is 308 g/mol. The molecule has 1 saturated carbocycles. The van der Waals surface area contributed by atoms with Gasteiger partial charge in [-0.2, -0.15) is 0 Å². The maximum Gasteiger partial charge on any atom is 0.240 e. The minimum absolute atomic E-state index is 0.136. The quantitative estimate of drug-likeness (QED) is 0.619. The van der Waals surface area contributed by atoms with Crippen molar-refractivity contribution in [3.63, 3.8) is 0 Å². The van der Waals surface area contributed by atoms with Gasteiger partial charge in [-0.1, -0.05) is 37.3 Å². The number of hydrogen-bond acceptors (Lipinski definition) is 3. The lowest BCUT2D eigenvalue weighted by Gasteiger charge is -2.11. The largest absolute Gasteiger partial charge is 0.398 e. The molecular formula is C15H23ClN2O2S. The smallest absolute Gasteiger partial charge is 0.240 e. The monoisotopic (exact) mass is 330 g/mol. The van der Waals surface area contributed by atoms with E-state index in [0.717, 1.165) is 18.8 Å². The van der Waals surface area contributed by atoms with Crippen LogP contribution in [0.1, 0.15) is 44.1 Å². The molecule has 0 aromatic heterocycles. The first-order valence-corrected chi connectivity index (χ1v) is 9.31. The van der Waals surface area contributed by atoms with E-state index in [1.165, 1.54) is 37.8 Å². The number of anilines is 1. The van der Waals surface area contributed by atoms with Crippen LogP contribution in [0.15, 0.2) is 17.0 Å². The van der Waals surface area contributed by atoms with E-state index < -0.39 is 10.0 Å². The Morgan fingerprint density at radius 2 is 2.00 bits per heavy atom. The van der Waals surface area contributed by atoms with Crippen LogP contribution in [0, 0.1) is 12.8 Å². The van der Waals surface area contributed by atoms with E-state index in [1.807, 2.05) is 0 Å². The van der Waals surface area contributed by atoms with Gasteiger partial charge >= 0.3 is 0 Å². The molecule has 0 atom stereocenters. The molecule has 1 fully saturated rings. The van der Waals surface area contributed by atoms with Crippen molar-refractivity contribution in [2.45, 2.75) is 50.3 Å². The Balaban J connectivity index is 1.92. The van der Waals surface area contributed by atoms with E-state index in [1.54, 1.807) is 6.92 Å². The number of hydrogen-bond donors (Lipinski definition) is 2. The highest BCUT2D eigenvalue weighted by molar-refractivity contribution is 7.89. The van der Waals surface area contributed by atoms with Crippen molar-refractivity contribution in [3.8, 4) is 0 Å². The summed E-state index contributed by atoms with van der Waals surface area (Å²) >= 11 is 6.00. The summed E-state index contributed by atoms with van der Waals surface area (Å²) in [6, 6.07) is 2.91. The number of sulfonamides is 1. The fraction of sp³-hybridized carbons (Fsp3) is 0.600. The van der Waals surface area contributed by atoms with Crippen molar-refractivity contribution < 1.29 is 8.42 Å². The molecule has 1 aliphatic carbocycles. The van der Waals surface area contributed by atoms with Crippen LogP contribution in [0.25, 0.3) is 0 Å². The first-order valence-electron chi connectivity index (χ1n) is 7.45. The zero-order valence-corrected chi connectivity index (χ0v) is 13.9. The van der Waals surface area contributed by atoms with E-state index >= 15 is 0 Å². The molecule has 6 heteroatoms. The van der Waals surface area contributed by atoms with Crippen molar-refractivity contribution in [2.75, 3.05) is 12.3 Å². The Labute approximate surface area is 132 Å². The highest BCUT2D eigenvalue weighted by Crippen LogP contribution is 2.28. The lowest BCUT2D eigenvalue weighted by molar-refractivity contribution is 0.480. The second kappa shape index (κ2) is 6.99. The van der Waals surface area contributed by atoms with Crippen LogP contribution < -0.4 is 10.5 Å². The molecule has 21 heavy (non-hydrogen) atoms. The summed E-state index contributed by atoms with van der Waals surface area (Å²) in [4.78, 5) is 0.136. The number of nitrogens with two attached hydrogens (primary N) is 1. The molecule has 3 N–H and O–H groups in total. The molecule has 1 aromatic carbocycles. The molecule has 1 aliphatic rings. The Morgan fingerprint density at radius 3 is 2.62 bits per heavy atom. The van der Waals surface area contributed by atoms with Crippen LogP contribution in [-0.2, 0) is 10.0 Å². The van der Waals surface area contributed by atoms with Crippen LogP contribution in [-0.4, -0.2) is 15.0 Å². The third-order valence-corrected chi connectivity index (χ3v) is 6.06. The Morgan fingerprint density at radius 1 is 1.33 bits per heavy atom. The van der Waals surface area contributed by atoms with Gasteiger partial charge in [0.05, 0.1) is 4.90 Å². The van der Waals surface area contributed by atoms with E-state index in [-0.39, 0.29) is 4.90 Å². The number of benzene rings is 1. The predicted molar refractivity (Wildman–Crippen MR) is 87.0 cm³/mol. The minimum Gasteiger partial charge on any atom is -0.398 e. The molecule has 0 aliphatic heterocycles. The molecule has 0 bridgehead atoms. The first-order chi connectivity index (χ1) is 9.90. The first kappa shape index (κ1) is 16.6. The van der Waals surface area contributed by atoms with Gasteiger partial charge in [-0.05, 0) is 43.4 Å². The molecule has 0 radical (unpaired) electrons. The summed E-state index contributed by atoms with van der Waals surface area (Å²) in [5.74, 6) is 0.777. The number of rotatable bonds is 6. The van der Waals surface area contributed by atoms with Gasteiger partial charge in [0.1, 0.15) is 0 Å². The van der Waals surface area contributed by atoms with Gasteiger partial charge in [-0.3, -0.25) is 0 Å². The molecule has 1 aromatic rings. The van der Waals surface area contributed by atoms with Crippen LogP contribution in [0.4, 0.5) is 5.69 Å². The van der Waals surface area contributed by atoms with Crippen molar-refractivity contribution >= 4 is 27.3 Å². The number of nitrogen functional groups attached to an aromatic ring is 1. The molecule has 0 amide bonds. The Bertz CT molecular complexity index is 573. The van der Waals surface area contributed by atoms with E-state index in [9.17, 15) is 8.42 Å². The lowest BCUT2D eigenvalue weighted by Crippen LogP contribution is -2.25. The summed E-state index contributed by atoms with van der Waals surface area (Å²) in [5.41, 5.74) is 6.88. The van der Waals surface area contributed by atoms with Crippen molar-refractivity contribution in [3.05, 3.63) is 22.7 Å². The van der Waals surface area contributed by atoms with Gasteiger partial charge in [-0.25, -0.2) is 13.1 Å². The van der Waals surface area contributed by atoms with E-state index in [4.69, 9.17) is 17.3 Å². The fourth-order valence-corrected chi connectivity index (χ4v) is 4.24. The van der Waals surface area contributed by atoms with Gasteiger partial charge in [0.25, 0.3) is 0 Å². The third-order valence-electron chi connectivity index (χ3n) is 4.22. The lowest BCUT2D eigenvalue weighted by atomic mass is 10.0. The molecule has 4 nitrogen and oxygen atoms in total.